The highest BCUT2D eigenvalue weighted by Crippen LogP contribution is 2.46. The highest BCUT2D eigenvalue weighted by molar-refractivity contribution is 6.07. The molecule has 0 aliphatic carbocycles. The lowest BCUT2D eigenvalue weighted by atomic mass is 9.76. The van der Waals surface area contributed by atoms with E-state index in [0.717, 1.165) is 10.8 Å². The number of hydrogen-bond donors (Lipinski definition) is 3. The fourth-order valence-electron chi connectivity index (χ4n) is 3.97. The average Bonchev–Trinajstić information content (AvgIpc) is 3.19. The van der Waals surface area contributed by atoms with Crippen molar-refractivity contribution in [3.63, 3.8) is 0 Å². The first-order chi connectivity index (χ1) is 12.9. The number of hydrogen-bond acceptors (Lipinski definition) is 4. The van der Waals surface area contributed by atoms with E-state index in [4.69, 9.17) is 4.74 Å². The molecule has 0 radical (unpaired) electrons. The molecule has 7 nitrogen and oxygen atoms in total. The first-order valence-electron chi connectivity index (χ1n) is 8.59. The van der Waals surface area contributed by atoms with Crippen LogP contribution in [0.2, 0.25) is 0 Å². The molecule has 2 aliphatic heterocycles. The zero-order valence-corrected chi connectivity index (χ0v) is 14.5. The fourth-order valence-corrected chi connectivity index (χ4v) is 3.97. The molecule has 0 unspecified atom stereocenters. The summed E-state index contributed by atoms with van der Waals surface area (Å²) in [7, 11) is 0. The molecule has 0 aromatic heterocycles. The van der Waals surface area contributed by atoms with Gasteiger partial charge in [0, 0.05) is 5.56 Å². The maximum Gasteiger partial charge on any atom is 0.310 e. The van der Waals surface area contributed by atoms with Gasteiger partial charge in [0.15, 0.2) is 0 Å². The lowest BCUT2D eigenvalue weighted by molar-refractivity contribution is -0.147. The summed E-state index contributed by atoms with van der Waals surface area (Å²) in [6, 6.07) is 12.7. The SMILES string of the molecule is C[C@@]12C=C[C@@H](O1)[C@@H](C(=O)O)[C@@H]2C(=O)NNC(=O)c1cccc2ccccc12. The van der Waals surface area contributed by atoms with Crippen molar-refractivity contribution in [2.45, 2.75) is 18.6 Å². The van der Waals surface area contributed by atoms with E-state index in [-0.39, 0.29) is 0 Å². The monoisotopic (exact) mass is 366 g/mol. The van der Waals surface area contributed by atoms with Crippen molar-refractivity contribution in [1.82, 2.24) is 10.9 Å². The Bertz CT molecular complexity index is 980. The summed E-state index contributed by atoms with van der Waals surface area (Å²) in [4.78, 5) is 36.8. The van der Waals surface area contributed by atoms with E-state index in [1.165, 1.54) is 0 Å². The van der Waals surface area contributed by atoms with E-state index in [2.05, 4.69) is 10.9 Å². The van der Waals surface area contributed by atoms with Crippen LogP contribution in [0.3, 0.4) is 0 Å². The van der Waals surface area contributed by atoms with E-state index in [0.29, 0.717) is 5.56 Å². The molecule has 2 amide bonds. The van der Waals surface area contributed by atoms with Gasteiger partial charge >= 0.3 is 5.97 Å². The number of hydrazine groups is 1. The number of aliphatic carboxylic acids is 1. The third-order valence-corrected chi connectivity index (χ3v) is 5.24. The van der Waals surface area contributed by atoms with Gasteiger partial charge in [0.1, 0.15) is 5.92 Å². The van der Waals surface area contributed by atoms with Gasteiger partial charge < -0.3 is 9.84 Å². The van der Waals surface area contributed by atoms with Gasteiger partial charge in [-0.2, -0.15) is 0 Å². The predicted molar refractivity (Wildman–Crippen MR) is 96.6 cm³/mol. The molecular formula is C20H18N2O5. The Morgan fingerprint density at radius 1 is 1.07 bits per heavy atom. The highest BCUT2D eigenvalue weighted by Gasteiger charge is 2.59. The van der Waals surface area contributed by atoms with Gasteiger partial charge in [-0.25, -0.2) is 0 Å². The molecular weight excluding hydrogens is 348 g/mol. The number of carbonyl (C=O) groups is 3. The van der Waals surface area contributed by atoms with Crippen LogP contribution in [0.25, 0.3) is 10.8 Å². The quantitative estimate of drug-likeness (QED) is 0.566. The standard InChI is InChI=1S/C20H18N2O5/c1-20-10-9-14(27-20)15(19(25)26)16(20)18(24)22-21-17(23)13-8-4-6-11-5-2-3-7-12(11)13/h2-10,14-16H,1H3,(H,21,23)(H,22,24)(H,25,26)/t14-,15-,16-,20+/m1/s1. The summed E-state index contributed by atoms with van der Waals surface area (Å²) in [5.41, 5.74) is 4.18. The van der Waals surface area contributed by atoms with E-state index in [1.807, 2.05) is 30.3 Å². The van der Waals surface area contributed by atoms with Crippen LogP contribution >= 0.6 is 0 Å². The molecule has 3 N–H and O–H groups in total. The molecule has 2 aromatic rings. The third-order valence-electron chi connectivity index (χ3n) is 5.24. The first-order valence-corrected chi connectivity index (χ1v) is 8.59. The number of amides is 2. The van der Waals surface area contributed by atoms with Gasteiger partial charge in [0.25, 0.3) is 5.91 Å². The number of ether oxygens (including phenoxy) is 1. The normalized spacial score (nSPS) is 28.3. The maximum absolute atomic E-state index is 12.7. The van der Waals surface area contributed by atoms with Crippen LogP contribution in [0, 0.1) is 11.8 Å². The molecule has 2 aromatic carbocycles. The van der Waals surface area contributed by atoms with Crippen molar-refractivity contribution < 1.29 is 24.2 Å². The number of carboxylic acid groups (broad SMARTS) is 1. The van der Waals surface area contributed by atoms with Gasteiger partial charge in [-0.05, 0) is 23.8 Å². The molecule has 2 heterocycles. The largest absolute Gasteiger partial charge is 0.481 e. The topological polar surface area (TPSA) is 105 Å². The Hall–Kier alpha value is -3.19. The summed E-state index contributed by atoms with van der Waals surface area (Å²) in [5, 5.41) is 11.1. The molecule has 138 valence electrons. The lowest BCUT2D eigenvalue weighted by Crippen LogP contribution is -2.52. The minimum absolute atomic E-state index is 0.415. The summed E-state index contributed by atoms with van der Waals surface area (Å²) < 4.78 is 5.65. The van der Waals surface area contributed by atoms with E-state index >= 15 is 0 Å². The Labute approximate surface area is 155 Å². The minimum atomic E-state index is -1.10. The van der Waals surface area contributed by atoms with Crippen LogP contribution in [0.15, 0.2) is 54.6 Å². The van der Waals surface area contributed by atoms with Crippen LogP contribution in [-0.2, 0) is 14.3 Å². The fraction of sp³-hybridized carbons (Fsp3) is 0.250. The van der Waals surface area contributed by atoms with Crippen molar-refractivity contribution in [2.24, 2.45) is 11.8 Å². The Morgan fingerprint density at radius 2 is 1.81 bits per heavy atom. The number of nitrogens with one attached hydrogen (secondary N) is 2. The van der Waals surface area contributed by atoms with Crippen LogP contribution < -0.4 is 10.9 Å². The molecule has 2 bridgehead atoms. The molecule has 0 spiro atoms. The zero-order valence-electron chi connectivity index (χ0n) is 14.5. The predicted octanol–water partition coefficient (Wildman–Crippen LogP) is 1.65. The van der Waals surface area contributed by atoms with Crippen LogP contribution in [0.4, 0.5) is 0 Å². The summed E-state index contributed by atoms with van der Waals surface area (Å²) in [6.45, 7) is 1.67. The molecule has 1 fully saturated rings. The number of rotatable bonds is 3. The smallest absolute Gasteiger partial charge is 0.310 e. The first kappa shape index (κ1) is 17.2. The number of benzene rings is 2. The summed E-state index contributed by atoms with van der Waals surface area (Å²) >= 11 is 0. The van der Waals surface area contributed by atoms with Crippen molar-refractivity contribution in [2.75, 3.05) is 0 Å². The molecule has 2 aliphatic rings. The lowest BCUT2D eigenvalue weighted by Gasteiger charge is -2.27. The van der Waals surface area contributed by atoms with E-state index in [1.54, 1.807) is 31.2 Å². The molecule has 27 heavy (non-hydrogen) atoms. The van der Waals surface area contributed by atoms with Crippen LogP contribution in [-0.4, -0.2) is 34.6 Å². The number of carboxylic acids is 1. The van der Waals surface area contributed by atoms with Gasteiger partial charge in [0.05, 0.1) is 17.6 Å². The Morgan fingerprint density at radius 3 is 2.59 bits per heavy atom. The Balaban J connectivity index is 1.51. The zero-order chi connectivity index (χ0) is 19.2. The number of fused-ring (bicyclic) bond motifs is 3. The molecule has 7 heteroatoms. The van der Waals surface area contributed by atoms with E-state index < -0.39 is 41.3 Å². The van der Waals surface area contributed by atoms with Gasteiger partial charge in [0.2, 0.25) is 5.91 Å². The second-order valence-corrected chi connectivity index (χ2v) is 6.94. The van der Waals surface area contributed by atoms with Gasteiger partial charge in [-0.1, -0.05) is 48.6 Å². The van der Waals surface area contributed by atoms with Crippen molar-refractivity contribution >= 4 is 28.6 Å². The van der Waals surface area contributed by atoms with Crippen molar-refractivity contribution in [3.8, 4) is 0 Å². The van der Waals surface area contributed by atoms with Crippen LogP contribution in [0.1, 0.15) is 17.3 Å². The summed E-state index contributed by atoms with van der Waals surface area (Å²) in [5.74, 6) is -4.09. The third kappa shape index (κ3) is 2.76. The second-order valence-electron chi connectivity index (χ2n) is 6.94. The molecule has 0 saturated carbocycles. The van der Waals surface area contributed by atoms with E-state index in [9.17, 15) is 19.5 Å². The van der Waals surface area contributed by atoms with Crippen molar-refractivity contribution in [3.05, 3.63) is 60.2 Å². The molecule has 4 rings (SSSR count). The molecule has 1 saturated heterocycles. The second kappa shape index (κ2) is 6.21. The van der Waals surface area contributed by atoms with Crippen LogP contribution in [0.5, 0.6) is 0 Å². The maximum atomic E-state index is 12.7. The Kier molecular flexibility index (Phi) is 3.96. The number of carbonyl (C=O) groups excluding carboxylic acids is 2. The summed E-state index contributed by atoms with van der Waals surface area (Å²) in [6.07, 6.45) is 2.72. The minimum Gasteiger partial charge on any atom is -0.481 e. The van der Waals surface area contributed by atoms with Crippen molar-refractivity contribution in [1.29, 1.82) is 0 Å². The van der Waals surface area contributed by atoms with Gasteiger partial charge in [-0.3, -0.25) is 25.2 Å². The molecule has 4 atom stereocenters. The highest BCUT2D eigenvalue weighted by atomic mass is 16.5. The average molecular weight is 366 g/mol. The van der Waals surface area contributed by atoms with Gasteiger partial charge in [-0.15, -0.1) is 0 Å².